The second kappa shape index (κ2) is 5.64. The fourth-order valence-corrected chi connectivity index (χ4v) is 1.89. The third kappa shape index (κ3) is 2.90. The molecule has 0 amide bonds. The van der Waals surface area contributed by atoms with Crippen LogP contribution in [0, 0.1) is 18.3 Å². The molecule has 1 N–H and O–H groups in total. The molecule has 0 radical (unpaired) electrons. The van der Waals surface area contributed by atoms with Gasteiger partial charge in [-0.25, -0.2) is 4.79 Å². The maximum absolute atomic E-state index is 11.0. The van der Waals surface area contributed by atoms with Gasteiger partial charge in [0.2, 0.25) is 0 Å². The summed E-state index contributed by atoms with van der Waals surface area (Å²) in [6, 6.07) is 11.5. The van der Waals surface area contributed by atoms with Gasteiger partial charge in [-0.15, -0.1) is 0 Å². The van der Waals surface area contributed by atoms with Gasteiger partial charge in [-0.3, -0.25) is 0 Å². The molecule has 0 fully saturated rings. The number of aromatic carboxylic acids is 1. The number of benzene rings is 2. The molecule has 0 aromatic heterocycles. The van der Waals surface area contributed by atoms with E-state index in [1.54, 1.807) is 31.2 Å². The standard InChI is InChI=1S/C15H10ClNO3/c1-9-6-11(3-2-10(9)8-17)20-12-4-5-14(16)13(7-12)15(18)19/h2-7H,1H3,(H,18,19). The molecule has 0 aliphatic rings. The molecule has 0 saturated heterocycles. The molecule has 100 valence electrons. The van der Waals surface area contributed by atoms with Crippen LogP contribution in [0.5, 0.6) is 11.5 Å². The maximum atomic E-state index is 11.0. The topological polar surface area (TPSA) is 70.3 Å². The van der Waals surface area contributed by atoms with E-state index in [-0.39, 0.29) is 10.6 Å². The van der Waals surface area contributed by atoms with Crippen LogP contribution in [0.25, 0.3) is 0 Å². The molecule has 2 rings (SSSR count). The molecule has 0 heterocycles. The van der Waals surface area contributed by atoms with Crippen LogP contribution in [0.15, 0.2) is 36.4 Å². The Labute approximate surface area is 120 Å². The monoisotopic (exact) mass is 287 g/mol. The highest BCUT2D eigenvalue weighted by Gasteiger charge is 2.10. The lowest BCUT2D eigenvalue weighted by molar-refractivity contribution is 0.0696. The van der Waals surface area contributed by atoms with Crippen molar-refractivity contribution in [2.24, 2.45) is 0 Å². The molecule has 0 unspecified atom stereocenters. The van der Waals surface area contributed by atoms with Crippen LogP contribution in [0.1, 0.15) is 21.5 Å². The van der Waals surface area contributed by atoms with Crippen LogP contribution in [0.2, 0.25) is 5.02 Å². The fourth-order valence-electron chi connectivity index (χ4n) is 1.69. The van der Waals surface area contributed by atoms with Crippen molar-refractivity contribution >= 4 is 17.6 Å². The van der Waals surface area contributed by atoms with Crippen molar-refractivity contribution < 1.29 is 14.6 Å². The van der Waals surface area contributed by atoms with E-state index in [9.17, 15) is 4.79 Å². The minimum absolute atomic E-state index is 0.0190. The van der Waals surface area contributed by atoms with Crippen LogP contribution >= 0.6 is 11.6 Å². The maximum Gasteiger partial charge on any atom is 0.337 e. The molecular weight excluding hydrogens is 278 g/mol. The molecule has 0 spiro atoms. The number of aryl methyl sites for hydroxylation is 1. The third-order valence-corrected chi connectivity index (χ3v) is 3.05. The summed E-state index contributed by atoms with van der Waals surface area (Å²) >= 11 is 5.79. The van der Waals surface area contributed by atoms with Gasteiger partial charge in [0.1, 0.15) is 11.5 Å². The van der Waals surface area contributed by atoms with Gasteiger partial charge in [0.25, 0.3) is 0 Å². The van der Waals surface area contributed by atoms with Crippen molar-refractivity contribution in [2.75, 3.05) is 0 Å². The van der Waals surface area contributed by atoms with E-state index in [1.165, 1.54) is 12.1 Å². The number of hydrogen-bond donors (Lipinski definition) is 1. The van der Waals surface area contributed by atoms with E-state index in [0.29, 0.717) is 17.1 Å². The van der Waals surface area contributed by atoms with Gasteiger partial charge in [0.05, 0.1) is 22.2 Å². The molecule has 0 aliphatic heterocycles. The van der Waals surface area contributed by atoms with Crippen molar-refractivity contribution in [3.8, 4) is 17.6 Å². The normalized spacial score (nSPS) is 9.85. The van der Waals surface area contributed by atoms with Crippen molar-refractivity contribution in [1.29, 1.82) is 5.26 Å². The van der Waals surface area contributed by atoms with Gasteiger partial charge in [0.15, 0.2) is 0 Å². The Morgan fingerprint density at radius 3 is 2.50 bits per heavy atom. The lowest BCUT2D eigenvalue weighted by Gasteiger charge is -2.08. The Balaban J connectivity index is 2.31. The summed E-state index contributed by atoms with van der Waals surface area (Å²) in [6.45, 7) is 1.80. The Morgan fingerprint density at radius 2 is 1.90 bits per heavy atom. The third-order valence-electron chi connectivity index (χ3n) is 2.72. The molecule has 2 aromatic carbocycles. The smallest absolute Gasteiger partial charge is 0.337 e. The van der Waals surface area contributed by atoms with Crippen LogP contribution in [0.3, 0.4) is 0 Å². The number of rotatable bonds is 3. The molecule has 2 aromatic rings. The average molecular weight is 288 g/mol. The van der Waals surface area contributed by atoms with Crippen LogP contribution in [-0.4, -0.2) is 11.1 Å². The minimum Gasteiger partial charge on any atom is -0.478 e. The highest BCUT2D eigenvalue weighted by Crippen LogP contribution is 2.27. The molecule has 5 heteroatoms. The predicted molar refractivity (Wildman–Crippen MR) is 74.4 cm³/mol. The highest BCUT2D eigenvalue weighted by molar-refractivity contribution is 6.33. The quantitative estimate of drug-likeness (QED) is 0.926. The Bertz CT molecular complexity index is 720. The fraction of sp³-hybridized carbons (Fsp3) is 0.0667. The van der Waals surface area contributed by atoms with Crippen LogP contribution in [-0.2, 0) is 0 Å². The molecule has 0 aliphatic carbocycles. The van der Waals surface area contributed by atoms with E-state index in [1.807, 2.05) is 0 Å². The van der Waals surface area contributed by atoms with Gasteiger partial charge < -0.3 is 9.84 Å². The zero-order chi connectivity index (χ0) is 14.7. The number of nitrogens with zero attached hydrogens (tertiary/aromatic N) is 1. The largest absolute Gasteiger partial charge is 0.478 e. The lowest BCUT2D eigenvalue weighted by Crippen LogP contribution is -1.98. The molecule has 0 bridgehead atoms. The van der Waals surface area contributed by atoms with Gasteiger partial charge in [-0.1, -0.05) is 11.6 Å². The SMILES string of the molecule is Cc1cc(Oc2ccc(Cl)c(C(=O)O)c2)ccc1C#N. The zero-order valence-corrected chi connectivity index (χ0v) is 11.3. The second-order valence-corrected chi connectivity index (χ2v) is 4.54. The van der Waals surface area contributed by atoms with E-state index < -0.39 is 5.97 Å². The van der Waals surface area contributed by atoms with Gasteiger partial charge >= 0.3 is 5.97 Å². The molecular formula is C15H10ClNO3. The average Bonchev–Trinajstić information content (AvgIpc) is 2.41. The number of carboxylic acids is 1. The first-order chi connectivity index (χ1) is 9.51. The Hall–Kier alpha value is -2.51. The first-order valence-electron chi connectivity index (χ1n) is 5.72. The van der Waals surface area contributed by atoms with Crippen molar-refractivity contribution in [1.82, 2.24) is 0 Å². The molecule has 4 nitrogen and oxygen atoms in total. The first-order valence-corrected chi connectivity index (χ1v) is 6.10. The summed E-state index contributed by atoms with van der Waals surface area (Å²) in [6.07, 6.45) is 0. The highest BCUT2D eigenvalue weighted by atomic mass is 35.5. The number of hydrogen-bond acceptors (Lipinski definition) is 3. The number of carboxylic acid groups (broad SMARTS) is 1. The Kier molecular flexibility index (Phi) is 3.92. The minimum atomic E-state index is -1.11. The summed E-state index contributed by atoms with van der Waals surface area (Å²) < 4.78 is 5.57. The number of nitriles is 1. The van der Waals surface area contributed by atoms with Gasteiger partial charge in [-0.2, -0.15) is 5.26 Å². The van der Waals surface area contributed by atoms with Crippen LogP contribution < -0.4 is 4.74 Å². The van der Waals surface area contributed by atoms with Gasteiger partial charge in [0, 0.05) is 0 Å². The second-order valence-electron chi connectivity index (χ2n) is 4.14. The number of halogens is 1. The van der Waals surface area contributed by atoms with E-state index in [0.717, 1.165) is 5.56 Å². The summed E-state index contributed by atoms with van der Waals surface area (Å²) in [5, 5.41) is 18.0. The number of carbonyl (C=O) groups is 1. The molecule has 20 heavy (non-hydrogen) atoms. The Morgan fingerprint density at radius 1 is 1.25 bits per heavy atom. The van der Waals surface area contributed by atoms with Crippen molar-refractivity contribution in [3.63, 3.8) is 0 Å². The number of ether oxygens (including phenoxy) is 1. The first kappa shape index (κ1) is 13.9. The van der Waals surface area contributed by atoms with E-state index >= 15 is 0 Å². The summed E-state index contributed by atoms with van der Waals surface area (Å²) in [5.74, 6) is -0.215. The van der Waals surface area contributed by atoms with Gasteiger partial charge in [-0.05, 0) is 48.9 Å². The predicted octanol–water partition coefficient (Wildman–Crippen LogP) is 4.01. The van der Waals surface area contributed by atoms with E-state index in [4.69, 9.17) is 26.7 Å². The summed E-state index contributed by atoms with van der Waals surface area (Å²) in [4.78, 5) is 11.0. The molecule has 0 atom stereocenters. The van der Waals surface area contributed by atoms with Crippen molar-refractivity contribution in [2.45, 2.75) is 6.92 Å². The zero-order valence-electron chi connectivity index (χ0n) is 10.6. The lowest BCUT2D eigenvalue weighted by atomic mass is 10.1. The summed E-state index contributed by atoms with van der Waals surface area (Å²) in [5.41, 5.74) is 1.34. The molecule has 0 saturated carbocycles. The van der Waals surface area contributed by atoms with Crippen LogP contribution in [0.4, 0.5) is 0 Å². The summed E-state index contributed by atoms with van der Waals surface area (Å²) in [7, 11) is 0. The van der Waals surface area contributed by atoms with E-state index in [2.05, 4.69) is 6.07 Å². The van der Waals surface area contributed by atoms with Crippen molar-refractivity contribution in [3.05, 3.63) is 58.1 Å².